The van der Waals surface area contributed by atoms with E-state index in [4.69, 9.17) is 9.47 Å². The SMILES string of the molecule is CCCC/C=C\C/C=C\CCCCCCCC(=O)OC(CO)COC(=O)CCCCCCCCCCCCCCCCCCCCCCCCCCCCCCCCCCCCCCCC. The average Bonchev–Trinajstić information content (AvgIpc) is 3.32. The van der Waals surface area contributed by atoms with Gasteiger partial charge in [-0.15, -0.1) is 0 Å². The smallest absolute Gasteiger partial charge is 0.306 e. The average molecular weight is 930 g/mol. The fraction of sp³-hybridized carbons (Fsp3) is 0.902. The molecule has 0 aliphatic heterocycles. The van der Waals surface area contributed by atoms with Crippen LogP contribution < -0.4 is 0 Å². The zero-order valence-corrected chi connectivity index (χ0v) is 44.7. The summed E-state index contributed by atoms with van der Waals surface area (Å²) in [5.41, 5.74) is 0. The van der Waals surface area contributed by atoms with Crippen LogP contribution in [-0.2, 0) is 19.1 Å². The van der Waals surface area contributed by atoms with Crippen molar-refractivity contribution < 1.29 is 24.2 Å². The molecule has 0 aromatic heterocycles. The van der Waals surface area contributed by atoms with Gasteiger partial charge in [-0.25, -0.2) is 0 Å². The van der Waals surface area contributed by atoms with E-state index in [0.29, 0.717) is 12.8 Å². The van der Waals surface area contributed by atoms with Gasteiger partial charge < -0.3 is 14.6 Å². The van der Waals surface area contributed by atoms with Gasteiger partial charge in [0.2, 0.25) is 0 Å². The summed E-state index contributed by atoms with van der Waals surface area (Å²) < 4.78 is 10.7. The largest absolute Gasteiger partial charge is 0.462 e. The summed E-state index contributed by atoms with van der Waals surface area (Å²) in [6.07, 6.45) is 73.4. The molecule has 5 nitrogen and oxygen atoms in total. The van der Waals surface area contributed by atoms with Gasteiger partial charge in [-0.1, -0.05) is 308 Å². The molecule has 5 heteroatoms. The topological polar surface area (TPSA) is 72.8 Å². The molecule has 66 heavy (non-hydrogen) atoms. The highest BCUT2D eigenvalue weighted by Gasteiger charge is 2.16. The fourth-order valence-electron chi connectivity index (χ4n) is 9.22. The lowest BCUT2D eigenvalue weighted by atomic mass is 10.0. The highest BCUT2D eigenvalue weighted by atomic mass is 16.6. The lowest BCUT2D eigenvalue weighted by Crippen LogP contribution is -2.28. The second-order valence-electron chi connectivity index (χ2n) is 20.4. The van der Waals surface area contributed by atoms with Crippen molar-refractivity contribution in [1.82, 2.24) is 0 Å². The first kappa shape index (κ1) is 64.4. The molecule has 390 valence electrons. The maximum Gasteiger partial charge on any atom is 0.306 e. The van der Waals surface area contributed by atoms with Crippen LogP contribution in [0.2, 0.25) is 0 Å². The van der Waals surface area contributed by atoms with E-state index in [1.807, 2.05) is 0 Å². The van der Waals surface area contributed by atoms with Gasteiger partial charge in [0.25, 0.3) is 0 Å². The van der Waals surface area contributed by atoms with Crippen molar-refractivity contribution in [2.45, 2.75) is 341 Å². The lowest BCUT2D eigenvalue weighted by Gasteiger charge is -2.15. The first-order chi connectivity index (χ1) is 32.6. The minimum Gasteiger partial charge on any atom is -0.462 e. The molecule has 1 atom stereocenters. The quantitative estimate of drug-likeness (QED) is 0.0374. The summed E-state index contributed by atoms with van der Waals surface area (Å²) in [7, 11) is 0. The summed E-state index contributed by atoms with van der Waals surface area (Å²) in [4.78, 5) is 24.4. The summed E-state index contributed by atoms with van der Waals surface area (Å²) >= 11 is 0. The molecule has 0 amide bonds. The van der Waals surface area contributed by atoms with Crippen LogP contribution in [0.3, 0.4) is 0 Å². The summed E-state index contributed by atoms with van der Waals surface area (Å²) in [5, 5.41) is 9.62. The molecule has 0 rings (SSSR count). The van der Waals surface area contributed by atoms with Gasteiger partial charge in [0, 0.05) is 12.8 Å². The second-order valence-corrected chi connectivity index (χ2v) is 20.4. The minimum absolute atomic E-state index is 0.0666. The molecule has 0 aliphatic rings. The number of carbonyl (C=O) groups excluding carboxylic acids is 2. The van der Waals surface area contributed by atoms with Crippen molar-refractivity contribution in [3.05, 3.63) is 24.3 Å². The fourth-order valence-corrected chi connectivity index (χ4v) is 9.22. The Balaban J connectivity index is 3.34. The van der Waals surface area contributed by atoms with E-state index in [0.717, 1.165) is 51.4 Å². The zero-order valence-electron chi connectivity index (χ0n) is 44.7. The van der Waals surface area contributed by atoms with Gasteiger partial charge in [0.15, 0.2) is 6.10 Å². The van der Waals surface area contributed by atoms with E-state index >= 15 is 0 Å². The number of ether oxygens (including phenoxy) is 2. The Labute approximate surface area is 413 Å². The molecule has 1 N–H and O–H groups in total. The monoisotopic (exact) mass is 929 g/mol. The Morgan fingerprint density at radius 1 is 0.348 bits per heavy atom. The predicted octanol–water partition coefficient (Wildman–Crippen LogP) is 20.1. The second kappa shape index (κ2) is 57.7. The number of allylic oxidation sites excluding steroid dienone is 4. The van der Waals surface area contributed by atoms with Crippen LogP contribution in [0.15, 0.2) is 24.3 Å². The molecular formula is C61H116O5. The van der Waals surface area contributed by atoms with Crippen molar-refractivity contribution in [2.24, 2.45) is 0 Å². The predicted molar refractivity (Wildman–Crippen MR) is 288 cm³/mol. The molecule has 0 spiro atoms. The number of esters is 2. The Hall–Kier alpha value is -1.62. The third-order valence-corrected chi connectivity index (χ3v) is 13.7. The number of hydrogen-bond acceptors (Lipinski definition) is 5. The van der Waals surface area contributed by atoms with E-state index in [-0.39, 0.29) is 25.2 Å². The number of carbonyl (C=O) groups is 2. The molecule has 1 unspecified atom stereocenters. The van der Waals surface area contributed by atoms with Crippen LogP contribution in [0, 0.1) is 0 Å². The molecule has 0 radical (unpaired) electrons. The van der Waals surface area contributed by atoms with Gasteiger partial charge in [-0.2, -0.15) is 0 Å². The highest BCUT2D eigenvalue weighted by Crippen LogP contribution is 2.18. The number of aliphatic hydroxyl groups is 1. The van der Waals surface area contributed by atoms with Crippen molar-refractivity contribution in [2.75, 3.05) is 13.2 Å². The number of hydrogen-bond donors (Lipinski definition) is 1. The first-order valence-corrected chi connectivity index (χ1v) is 29.9. The third-order valence-electron chi connectivity index (χ3n) is 13.7. The highest BCUT2D eigenvalue weighted by molar-refractivity contribution is 5.70. The van der Waals surface area contributed by atoms with Gasteiger partial charge in [-0.3, -0.25) is 9.59 Å². The minimum atomic E-state index is -0.776. The first-order valence-electron chi connectivity index (χ1n) is 29.9. The van der Waals surface area contributed by atoms with Crippen LogP contribution in [0.25, 0.3) is 0 Å². The molecule has 0 fully saturated rings. The van der Waals surface area contributed by atoms with Crippen LogP contribution >= 0.6 is 0 Å². The number of rotatable bonds is 56. The molecular weight excluding hydrogens is 813 g/mol. The lowest BCUT2D eigenvalue weighted by molar-refractivity contribution is -0.161. The van der Waals surface area contributed by atoms with E-state index in [9.17, 15) is 14.7 Å². The van der Waals surface area contributed by atoms with Crippen LogP contribution in [0.1, 0.15) is 335 Å². The van der Waals surface area contributed by atoms with Gasteiger partial charge in [0.1, 0.15) is 6.61 Å². The maximum absolute atomic E-state index is 12.2. The standard InChI is InChI=1S/C61H116O5/c1-3-5-7-9-11-13-15-17-19-20-21-22-23-24-25-26-27-28-29-30-31-32-33-34-35-36-37-38-39-40-41-42-44-45-47-49-51-53-55-60(63)65-58-59(57-62)66-61(64)56-54-52-50-48-46-43-18-16-14-12-10-8-6-4-2/h10,12,16,18,59,62H,3-9,11,13-15,17,19-58H2,1-2H3/b12-10-,18-16-. The number of aliphatic hydroxyl groups excluding tert-OH is 1. The molecule has 0 aromatic carbocycles. The zero-order chi connectivity index (χ0) is 47.7. The molecule has 0 aliphatic carbocycles. The van der Waals surface area contributed by atoms with Gasteiger partial charge >= 0.3 is 11.9 Å². The Kier molecular flexibility index (Phi) is 56.3. The molecule has 0 bridgehead atoms. The summed E-state index contributed by atoms with van der Waals surface area (Å²) in [6, 6.07) is 0. The molecule has 0 saturated heterocycles. The van der Waals surface area contributed by atoms with E-state index in [1.54, 1.807) is 0 Å². The summed E-state index contributed by atoms with van der Waals surface area (Å²) in [5.74, 6) is -0.591. The van der Waals surface area contributed by atoms with Crippen molar-refractivity contribution >= 4 is 11.9 Å². The van der Waals surface area contributed by atoms with Crippen LogP contribution in [0.5, 0.6) is 0 Å². The summed E-state index contributed by atoms with van der Waals surface area (Å²) in [6.45, 7) is 4.13. The Bertz CT molecular complexity index is 1010. The maximum atomic E-state index is 12.2. The van der Waals surface area contributed by atoms with Crippen molar-refractivity contribution in [3.8, 4) is 0 Å². The van der Waals surface area contributed by atoms with Crippen molar-refractivity contribution in [1.29, 1.82) is 0 Å². The third kappa shape index (κ3) is 55.0. The van der Waals surface area contributed by atoms with Gasteiger partial charge in [-0.05, 0) is 38.5 Å². The molecule has 0 heterocycles. The van der Waals surface area contributed by atoms with E-state index < -0.39 is 6.10 Å². The normalized spacial score (nSPS) is 12.2. The molecule has 0 aromatic rings. The van der Waals surface area contributed by atoms with E-state index in [2.05, 4.69) is 38.2 Å². The molecule has 0 saturated carbocycles. The Morgan fingerprint density at radius 3 is 0.939 bits per heavy atom. The van der Waals surface area contributed by atoms with E-state index in [1.165, 1.54) is 257 Å². The van der Waals surface area contributed by atoms with Crippen LogP contribution in [0.4, 0.5) is 0 Å². The Morgan fingerprint density at radius 2 is 0.621 bits per heavy atom. The van der Waals surface area contributed by atoms with Crippen LogP contribution in [-0.4, -0.2) is 36.4 Å². The van der Waals surface area contributed by atoms with Crippen molar-refractivity contribution in [3.63, 3.8) is 0 Å². The van der Waals surface area contributed by atoms with Gasteiger partial charge in [0.05, 0.1) is 6.61 Å². The number of unbranched alkanes of at least 4 members (excludes halogenated alkanes) is 44.